The van der Waals surface area contributed by atoms with Crippen molar-refractivity contribution in [2.24, 2.45) is 0 Å². The largest absolute Gasteiger partial charge is 0.367 e. The molecule has 1 saturated heterocycles. The zero-order chi connectivity index (χ0) is 17.5. The summed E-state index contributed by atoms with van der Waals surface area (Å²) in [6, 6.07) is 14.6. The molecule has 1 amide bonds. The van der Waals surface area contributed by atoms with Gasteiger partial charge in [-0.2, -0.15) is 0 Å². The van der Waals surface area contributed by atoms with Crippen LogP contribution in [-0.2, 0) is 6.42 Å². The number of nitrogens with one attached hydrogen (secondary N) is 2. The van der Waals surface area contributed by atoms with E-state index in [9.17, 15) is 4.79 Å². The number of likely N-dealkylation sites (tertiary alicyclic amines) is 1. The van der Waals surface area contributed by atoms with Crippen molar-refractivity contribution in [1.82, 2.24) is 15.2 Å². The van der Waals surface area contributed by atoms with Gasteiger partial charge in [0.1, 0.15) is 5.82 Å². The summed E-state index contributed by atoms with van der Waals surface area (Å²) in [6.07, 6.45) is 4.96. The summed E-state index contributed by atoms with van der Waals surface area (Å²) in [7, 11) is 1.64. The van der Waals surface area contributed by atoms with Crippen LogP contribution in [0.2, 0.25) is 0 Å². The van der Waals surface area contributed by atoms with Crippen molar-refractivity contribution in [3.05, 3.63) is 59.8 Å². The molecule has 1 fully saturated rings. The molecule has 1 aromatic heterocycles. The number of carbonyl (C=O) groups is 1. The number of pyridine rings is 1. The van der Waals surface area contributed by atoms with Crippen molar-refractivity contribution >= 4 is 11.7 Å². The highest BCUT2D eigenvalue weighted by atomic mass is 16.1. The average Bonchev–Trinajstić information content (AvgIpc) is 2.68. The zero-order valence-corrected chi connectivity index (χ0v) is 14.7. The number of hydrogen-bond acceptors (Lipinski definition) is 4. The molecule has 132 valence electrons. The van der Waals surface area contributed by atoms with E-state index in [1.54, 1.807) is 19.3 Å². The molecule has 0 aliphatic carbocycles. The standard InChI is InChI=1S/C20H26N4O/c1-21-20(25)18-8-5-12-22-19(18)23-17-10-14-24(15-11-17)13-9-16-6-3-2-4-7-16/h2-8,12,17H,9-11,13-15H2,1H3,(H,21,25)(H,22,23). The summed E-state index contributed by atoms with van der Waals surface area (Å²) in [5, 5.41) is 6.13. The van der Waals surface area contributed by atoms with Crippen molar-refractivity contribution in [3.63, 3.8) is 0 Å². The van der Waals surface area contributed by atoms with E-state index in [0.717, 1.165) is 38.9 Å². The summed E-state index contributed by atoms with van der Waals surface area (Å²) in [4.78, 5) is 18.8. The molecule has 25 heavy (non-hydrogen) atoms. The van der Waals surface area contributed by atoms with Crippen LogP contribution in [0.3, 0.4) is 0 Å². The van der Waals surface area contributed by atoms with Gasteiger partial charge in [-0.3, -0.25) is 4.79 Å². The van der Waals surface area contributed by atoms with E-state index in [-0.39, 0.29) is 5.91 Å². The van der Waals surface area contributed by atoms with E-state index in [2.05, 4.69) is 50.8 Å². The lowest BCUT2D eigenvalue weighted by molar-refractivity contribution is 0.0963. The lowest BCUT2D eigenvalue weighted by atomic mass is 10.0. The highest BCUT2D eigenvalue weighted by Crippen LogP contribution is 2.18. The lowest BCUT2D eigenvalue weighted by Crippen LogP contribution is -2.40. The lowest BCUT2D eigenvalue weighted by Gasteiger charge is -2.32. The van der Waals surface area contributed by atoms with Crippen LogP contribution in [-0.4, -0.2) is 48.5 Å². The SMILES string of the molecule is CNC(=O)c1cccnc1NC1CCN(CCc2ccccc2)CC1. The molecule has 3 rings (SSSR count). The van der Waals surface area contributed by atoms with Crippen LogP contribution in [0, 0.1) is 0 Å². The van der Waals surface area contributed by atoms with Gasteiger partial charge in [0, 0.05) is 38.9 Å². The number of aromatic nitrogens is 1. The fraction of sp³-hybridized carbons (Fsp3) is 0.400. The molecule has 0 spiro atoms. The molecule has 0 saturated carbocycles. The van der Waals surface area contributed by atoms with Gasteiger partial charge in [0.05, 0.1) is 5.56 Å². The van der Waals surface area contributed by atoms with Gasteiger partial charge in [0.25, 0.3) is 5.91 Å². The molecule has 1 aliphatic rings. The van der Waals surface area contributed by atoms with Crippen LogP contribution >= 0.6 is 0 Å². The highest BCUT2D eigenvalue weighted by Gasteiger charge is 2.21. The van der Waals surface area contributed by atoms with Crippen molar-refractivity contribution in [2.45, 2.75) is 25.3 Å². The topological polar surface area (TPSA) is 57.3 Å². The number of hydrogen-bond donors (Lipinski definition) is 2. The van der Waals surface area contributed by atoms with Gasteiger partial charge < -0.3 is 15.5 Å². The predicted octanol–water partition coefficient (Wildman–Crippen LogP) is 2.56. The minimum Gasteiger partial charge on any atom is -0.367 e. The van der Waals surface area contributed by atoms with Gasteiger partial charge in [0.2, 0.25) is 0 Å². The van der Waals surface area contributed by atoms with Gasteiger partial charge in [-0.1, -0.05) is 30.3 Å². The van der Waals surface area contributed by atoms with Crippen LogP contribution < -0.4 is 10.6 Å². The third kappa shape index (κ3) is 4.79. The van der Waals surface area contributed by atoms with Crippen molar-refractivity contribution in [1.29, 1.82) is 0 Å². The second-order valence-corrected chi connectivity index (χ2v) is 6.47. The normalized spacial score (nSPS) is 15.7. The zero-order valence-electron chi connectivity index (χ0n) is 14.7. The first-order valence-corrected chi connectivity index (χ1v) is 8.96. The van der Waals surface area contributed by atoms with E-state index in [4.69, 9.17) is 0 Å². The van der Waals surface area contributed by atoms with Crippen LogP contribution in [0.25, 0.3) is 0 Å². The molecule has 0 radical (unpaired) electrons. The monoisotopic (exact) mass is 338 g/mol. The van der Waals surface area contributed by atoms with Crippen molar-refractivity contribution < 1.29 is 4.79 Å². The minimum absolute atomic E-state index is 0.101. The number of amides is 1. The summed E-state index contributed by atoms with van der Waals surface area (Å²) in [5.74, 6) is 0.584. The van der Waals surface area contributed by atoms with Gasteiger partial charge in [-0.05, 0) is 37.0 Å². The molecule has 0 atom stereocenters. The Bertz CT molecular complexity index is 681. The minimum atomic E-state index is -0.101. The molecular formula is C20H26N4O. The van der Waals surface area contributed by atoms with Crippen LogP contribution in [0.4, 0.5) is 5.82 Å². The second kappa shape index (κ2) is 8.62. The number of anilines is 1. The van der Waals surface area contributed by atoms with E-state index < -0.39 is 0 Å². The molecule has 1 aliphatic heterocycles. The van der Waals surface area contributed by atoms with Crippen molar-refractivity contribution in [3.8, 4) is 0 Å². The first kappa shape index (κ1) is 17.4. The first-order chi connectivity index (χ1) is 12.3. The van der Waals surface area contributed by atoms with Gasteiger partial charge in [0.15, 0.2) is 0 Å². The van der Waals surface area contributed by atoms with Gasteiger partial charge in [-0.15, -0.1) is 0 Å². The van der Waals surface area contributed by atoms with Crippen molar-refractivity contribution in [2.75, 3.05) is 32.0 Å². The van der Waals surface area contributed by atoms with Gasteiger partial charge in [-0.25, -0.2) is 4.98 Å². The Morgan fingerprint density at radius 1 is 1.16 bits per heavy atom. The van der Waals surface area contributed by atoms with E-state index in [1.807, 2.05) is 6.07 Å². The summed E-state index contributed by atoms with van der Waals surface area (Å²) in [5.41, 5.74) is 2.00. The Labute approximate surface area is 149 Å². The maximum atomic E-state index is 11.9. The molecule has 0 unspecified atom stereocenters. The summed E-state index contributed by atoms with van der Waals surface area (Å²) >= 11 is 0. The predicted molar refractivity (Wildman–Crippen MR) is 101 cm³/mol. The Morgan fingerprint density at radius 2 is 1.92 bits per heavy atom. The maximum absolute atomic E-state index is 11.9. The highest BCUT2D eigenvalue weighted by molar-refractivity contribution is 5.98. The van der Waals surface area contributed by atoms with Gasteiger partial charge >= 0.3 is 0 Å². The van der Waals surface area contributed by atoms with E-state index >= 15 is 0 Å². The molecule has 0 bridgehead atoms. The van der Waals surface area contributed by atoms with Crippen LogP contribution in [0.5, 0.6) is 0 Å². The maximum Gasteiger partial charge on any atom is 0.254 e. The molecule has 2 aromatic rings. The molecule has 5 nitrogen and oxygen atoms in total. The number of nitrogens with zero attached hydrogens (tertiary/aromatic N) is 2. The molecular weight excluding hydrogens is 312 g/mol. The third-order valence-electron chi connectivity index (χ3n) is 4.77. The molecule has 2 N–H and O–H groups in total. The fourth-order valence-electron chi connectivity index (χ4n) is 3.26. The first-order valence-electron chi connectivity index (χ1n) is 8.96. The quantitative estimate of drug-likeness (QED) is 0.850. The van der Waals surface area contributed by atoms with E-state index in [1.165, 1.54) is 5.56 Å². The summed E-state index contributed by atoms with van der Waals surface area (Å²) in [6.45, 7) is 3.25. The summed E-state index contributed by atoms with van der Waals surface area (Å²) < 4.78 is 0. The Kier molecular flexibility index (Phi) is 6.01. The average molecular weight is 338 g/mol. The molecule has 5 heteroatoms. The Hall–Kier alpha value is -2.40. The smallest absolute Gasteiger partial charge is 0.254 e. The van der Waals surface area contributed by atoms with E-state index in [0.29, 0.717) is 17.4 Å². The van der Waals surface area contributed by atoms with Crippen LogP contribution in [0.15, 0.2) is 48.7 Å². The number of piperidine rings is 1. The number of carbonyl (C=O) groups excluding carboxylic acids is 1. The molecule has 1 aromatic carbocycles. The number of benzene rings is 1. The van der Waals surface area contributed by atoms with Crippen LogP contribution in [0.1, 0.15) is 28.8 Å². The second-order valence-electron chi connectivity index (χ2n) is 6.47. The third-order valence-corrected chi connectivity index (χ3v) is 4.77. The molecule has 2 heterocycles. The Balaban J connectivity index is 1.49. The number of rotatable bonds is 6. The fourth-order valence-corrected chi connectivity index (χ4v) is 3.26. The Morgan fingerprint density at radius 3 is 2.64 bits per heavy atom.